The normalized spacial score (nSPS) is 21.1. The number of nitrogens with zero attached hydrogens (tertiary/aromatic N) is 2. The zero-order valence-corrected chi connectivity index (χ0v) is 14.7. The number of amides is 2. The first-order chi connectivity index (χ1) is 12.0. The average molecular weight is 366 g/mol. The Balaban J connectivity index is 1.76. The van der Waals surface area contributed by atoms with Crippen molar-refractivity contribution in [1.82, 2.24) is 4.90 Å². The molecule has 1 aromatic rings. The number of rotatable bonds is 4. The first-order valence-electron chi connectivity index (χ1n) is 7.78. The van der Waals surface area contributed by atoms with E-state index in [4.69, 9.17) is 9.15 Å². The fraction of sp³-hybridized carbons (Fsp3) is 0.438. The Morgan fingerprint density at radius 2 is 2.04 bits per heavy atom. The molecule has 2 saturated heterocycles. The fourth-order valence-electron chi connectivity index (χ4n) is 2.59. The van der Waals surface area contributed by atoms with Gasteiger partial charge in [0.05, 0.1) is 25.2 Å². The van der Waals surface area contributed by atoms with Crippen molar-refractivity contribution in [2.75, 3.05) is 38.3 Å². The van der Waals surface area contributed by atoms with Crippen molar-refractivity contribution < 1.29 is 28.3 Å². The smallest absolute Gasteiger partial charge is 0.328 e. The predicted octanol–water partition coefficient (Wildman–Crippen LogP) is 1.71. The molecule has 3 heterocycles. The molecule has 9 heteroatoms. The van der Waals surface area contributed by atoms with Gasteiger partial charge < -0.3 is 18.8 Å². The third kappa shape index (κ3) is 3.57. The minimum atomic E-state index is -0.969. The van der Waals surface area contributed by atoms with Gasteiger partial charge >= 0.3 is 5.97 Å². The lowest BCUT2D eigenvalue weighted by Gasteiger charge is -2.26. The van der Waals surface area contributed by atoms with Crippen LogP contribution in [0, 0.1) is 0 Å². The molecule has 0 spiro atoms. The molecule has 2 aliphatic rings. The second kappa shape index (κ2) is 7.32. The van der Waals surface area contributed by atoms with E-state index in [1.807, 2.05) is 11.0 Å². The van der Waals surface area contributed by atoms with E-state index in [0.717, 1.165) is 29.8 Å². The topological polar surface area (TPSA) is 89.3 Å². The molecule has 2 fully saturated rings. The van der Waals surface area contributed by atoms with Gasteiger partial charge in [0.15, 0.2) is 5.88 Å². The molecular weight excluding hydrogens is 348 g/mol. The molecule has 0 aliphatic carbocycles. The third-order valence-corrected chi connectivity index (χ3v) is 4.85. The Morgan fingerprint density at radius 3 is 2.72 bits per heavy atom. The zero-order valence-electron chi connectivity index (χ0n) is 13.9. The summed E-state index contributed by atoms with van der Waals surface area (Å²) < 4.78 is 15.6. The summed E-state index contributed by atoms with van der Waals surface area (Å²) >= 11 is 0.775. The van der Waals surface area contributed by atoms with Gasteiger partial charge in [-0.1, -0.05) is 0 Å². The van der Waals surface area contributed by atoms with Crippen molar-refractivity contribution >= 4 is 40.8 Å². The Bertz CT molecular complexity index is 722. The summed E-state index contributed by atoms with van der Waals surface area (Å²) in [5.41, 5.74) is 0. The number of anilines is 1. The van der Waals surface area contributed by atoms with Gasteiger partial charge in [0.1, 0.15) is 11.8 Å². The maximum Gasteiger partial charge on any atom is 0.328 e. The summed E-state index contributed by atoms with van der Waals surface area (Å²) in [7, 11) is 1.21. The fourth-order valence-corrected chi connectivity index (χ4v) is 3.48. The van der Waals surface area contributed by atoms with Gasteiger partial charge in [-0.3, -0.25) is 14.5 Å². The van der Waals surface area contributed by atoms with E-state index in [0.29, 0.717) is 24.9 Å². The number of imide groups is 1. The van der Waals surface area contributed by atoms with Gasteiger partial charge in [0.2, 0.25) is 0 Å². The lowest BCUT2D eigenvalue weighted by Crippen LogP contribution is -2.42. The molecule has 0 radical (unpaired) electrons. The highest BCUT2D eigenvalue weighted by Gasteiger charge is 2.41. The Hall–Kier alpha value is -2.26. The monoisotopic (exact) mass is 366 g/mol. The van der Waals surface area contributed by atoms with Crippen LogP contribution >= 0.6 is 11.8 Å². The molecule has 0 unspecified atom stereocenters. The standard InChI is InChI=1S/C16H18N2O6S/c1-10(15(20)22-2)18-14(19)12(25-16(18)21)9-11-3-4-13(24-11)17-5-7-23-8-6-17/h3-4,9-10H,5-8H2,1-2H3/t10-/m1/s1. The molecule has 0 bridgehead atoms. The zero-order chi connectivity index (χ0) is 18.0. The second-order valence-electron chi connectivity index (χ2n) is 5.53. The van der Waals surface area contributed by atoms with Crippen LogP contribution in [-0.2, 0) is 19.1 Å². The minimum Gasteiger partial charge on any atom is -0.467 e. The molecule has 3 rings (SSSR count). The van der Waals surface area contributed by atoms with E-state index in [-0.39, 0.29) is 4.91 Å². The third-order valence-electron chi connectivity index (χ3n) is 3.96. The van der Waals surface area contributed by atoms with Crippen LogP contribution in [0.4, 0.5) is 10.7 Å². The summed E-state index contributed by atoms with van der Waals surface area (Å²) in [6, 6.07) is 2.59. The van der Waals surface area contributed by atoms with Gasteiger partial charge in [0, 0.05) is 25.2 Å². The number of furan rings is 1. The SMILES string of the molecule is COC(=O)[C@@H](C)N1C(=O)SC(=Cc2ccc(N3CCOCC3)o2)C1=O. The lowest BCUT2D eigenvalue weighted by molar-refractivity contribution is -0.148. The van der Waals surface area contributed by atoms with Crippen LogP contribution in [0.25, 0.3) is 6.08 Å². The lowest BCUT2D eigenvalue weighted by atomic mass is 10.3. The van der Waals surface area contributed by atoms with Crippen molar-refractivity contribution in [3.05, 3.63) is 22.8 Å². The molecule has 0 aromatic carbocycles. The average Bonchev–Trinajstić information content (AvgIpc) is 3.19. The number of morpholine rings is 1. The summed E-state index contributed by atoms with van der Waals surface area (Å²) in [6.45, 7) is 4.20. The molecule has 1 aromatic heterocycles. The molecule has 0 saturated carbocycles. The van der Waals surface area contributed by atoms with Gasteiger partial charge in [-0.05, 0) is 24.8 Å². The summed E-state index contributed by atoms with van der Waals surface area (Å²) in [4.78, 5) is 39.3. The van der Waals surface area contributed by atoms with Gasteiger partial charge in [-0.25, -0.2) is 4.79 Å². The Labute approximate surface area is 148 Å². The highest BCUT2D eigenvalue weighted by atomic mass is 32.2. The van der Waals surface area contributed by atoms with E-state index in [1.54, 1.807) is 6.07 Å². The van der Waals surface area contributed by atoms with Crippen molar-refractivity contribution in [3.8, 4) is 0 Å². The number of esters is 1. The number of thioether (sulfide) groups is 1. The van der Waals surface area contributed by atoms with Gasteiger partial charge in [-0.15, -0.1) is 0 Å². The van der Waals surface area contributed by atoms with Gasteiger partial charge in [-0.2, -0.15) is 0 Å². The van der Waals surface area contributed by atoms with Crippen LogP contribution in [0.5, 0.6) is 0 Å². The van der Waals surface area contributed by atoms with E-state index in [2.05, 4.69) is 4.74 Å². The second-order valence-corrected chi connectivity index (χ2v) is 6.52. The number of carbonyl (C=O) groups excluding carboxylic acids is 3. The molecule has 2 aliphatic heterocycles. The molecule has 1 atom stereocenters. The molecule has 0 N–H and O–H groups in total. The van der Waals surface area contributed by atoms with E-state index in [9.17, 15) is 14.4 Å². The first-order valence-corrected chi connectivity index (χ1v) is 8.60. The van der Waals surface area contributed by atoms with Crippen LogP contribution in [-0.4, -0.2) is 61.5 Å². The molecule has 25 heavy (non-hydrogen) atoms. The maximum absolute atomic E-state index is 12.4. The molecule has 8 nitrogen and oxygen atoms in total. The van der Waals surface area contributed by atoms with Crippen LogP contribution in [0.15, 0.2) is 21.5 Å². The Morgan fingerprint density at radius 1 is 1.32 bits per heavy atom. The predicted molar refractivity (Wildman–Crippen MR) is 91.0 cm³/mol. The largest absolute Gasteiger partial charge is 0.467 e. The molecular formula is C16H18N2O6S. The highest BCUT2D eigenvalue weighted by Crippen LogP contribution is 2.34. The van der Waals surface area contributed by atoms with Crippen molar-refractivity contribution in [2.45, 2.75) is 13.0 Å². The number of hydrogen-bond donors (Lipinski definition) is 0. The highest BCUT2D eigenvalue weighted by molar-refractivity contribution is 8.18. The van der Waals surface area contributed by atoms with Crippen molar-refractivity contribution in [3.63, 3.8) is 0 Å². The number of ether oxygens (including phenoxy) is 2. The van der Waals surface area contributed by atoms with Crippen molar-refractivity contribution in [2.24, 2.45) is 0 Å². The summed E-state index contributed by atoms with van der Waals surface area (Å²) in [5.74, 6) is -0.0113. The van der Waals surface area contributed by atoms with Crippen molar-refractivity contribution in [1.29, 1.82) is 0 Å². The van der Waals surface area contributed by atoms with Crippen LogP contribution in [0.2, 0.25) is 0 Å². The number of methoxy groups -OCH3 is 1. The quantitative estimate of drug-likeness (QED) is 0.588. The molecule has 134 valence electrons. The number of hydrogen-bond acceptors (Lipinski definition) is 8. The van der Waals surface area contributed by atoms with Gasteiger partial charge in [0.25, 0.3) is 11.1 Å². The minimum absolute atomic E-state index is 0.212. The molecule has 2 amide bonds. The van der Waals surface area contributed by atoms with Crippen LogP contribution in [0.3, 0.4) is 0 Å². The number of carbonyl (C=O) groups is 3. The van der Waals surface area contributed by atoms with Crippen LogP contribution < -0.4 is 4.90 Å². The van der Waals surface area contributed by atoms with Crippen LogP contribution in [0.1, 0.15) is 12.7 Å². The summed E-state index contributed by atoms with van der Waals surface area (Å²) in [6.07, 6.45) is 1.51. The van der Waals surface area contributed by atoms with E-state index < -0.39 is 23.2 Å². The van der Waals surface area contributed by atoms with E-state index in [1.165, 1.54) is 20.1 Å². The first kappa shape index (κ1) is 17.6. The summed E-state index contributed by atoms with van der Waals surface area (Å²) in [5, 5.41) is -0.505. The maximum atomic E-state index is 12.4. The van der Waals surface area contributed by atoms with E-state index >= 15 is 0 Å². The Kier molecular flexibility index (Phi) is 5.14.